The first-order chi connectivity index (χ1) is 11.6. The first-order valence-electron chi connectivity index (χ1n) is 8.54. The molecule has 24 heavy (non-hydrogen) atoms. The number of carbonyl (C=O) groups excluding carboxylic acids is 1. The fraction of sp³-hybridized carbons (Fsp3) is 0.500. The molecule has 0 aromatic carbocycles. The number of furan rings is 1. The van der Waals surface area contributed by atoms with Gasteiger partial charge in [0.1, 0.15) is 17.9 Å². The number of carbonyl (C=O) groups is 1. The van der Waals surface area contributed by atoms with E-state index in [1.165, 1.54) is 6.33 Å². The molecule has 1 aliphatic heterocycles. The van der Waals surface area contributed by atoms with Crippen LogP contribution in [-0.4, -0.2) is 39.4 Å². The minimum absolute atomic E-state index is 0.0277. The second-order valence-electron chi connectivity index (χ2n) is 6.30. The third-order valence-corrected chi connectivity index (χ3v) is 4.40. The number of nitrogens with one attached hydrogen (secondary N) is 1. The summed E-state index contributed by atoms with van der Waals surface area (Å²) >= 11 is 0. The van der Waals surface area contributed by atoms with Crippen molar-refractivity contribution in [2.24, 2.45) is 0 Å². The fourth-order valence-corrected chi connectivity index (χ4v) is 2.80. The summed E-state index contributed by atoms with van der Waals surface area (Å²) in [7, 11) is 0. The molecule has 0 atom stereocenters. The molecule has 6 heteroatoms. The van der Waals surface area contributed by atoms with Crippen molar-refractivity contribution in [3.8, 4) is 0 Å². The first-order valence-corrected chi connectivity index (χ1v) is 8.54. The highest BCUT2D eigenvalue weighted by atomic mass is 16.3. The molecule has 1 amide bonds. The average Bonchev–Trinajstić information content (AvgIpc) is 3.01. The minimum atomic E-state index is -0.0277. The molecule has 1 aliphatic carbocycles. The highest BCUT2D eigenvalue weighted by Gasteiger charge is 2.38. The van der Waals surface area contributed by atoms with Gasteiger partial charge in [0, 0.05) is 18.6 Å². The lowest BCUT2D eigenvalue weighted by molar-refractivity contribution is 0.0800. The standard InChI is InChI=1S/C16H18N4O2.C2H6/c1-10-11(15(21)20-7-3-4-8-20)12-13(19-16(2)5-6-16)17-9-18-14(12)22-10;1-2/h3-4,9H,5-8H2,1-2H3,(H,17,18,19);1-2H3. The number of nitrogens with zero attached hydrogens (tertiary/aromatic N) is 3. The van der Waals surface area contributed by atoms with Gasteiger partial charge in [0.25, 0.3) is 5.91 Å². The van der Waals surface area contributed by atoms with Crippen LogP contribution in [0.1, 0.15) is 49.7 Å². The minimum Gasteiger partial charge on any atom is -0.442 e. The van der Waals surface area contributed by atoms with Crippen LogP contribution in [0.25, 0.3) is 11.1 Å². The fourth-order valence-electron chi connectivity index (χ4n) is 2.80. The number of amides is 1. The molecular weight excluding hydrogens is 304 g/mol. The molecule has 0 spiro atoms. The van der Waals surface area contributed by atoms with E-state index in [2.05, 4.69) is 22.2 Å². The van der Waals surface area contributed by atoms with Crippen LogP contribution in [0, 0.1) is 6.92 Å². The van der Waals surface area contributed by atoms with Crippen LogP contribution in [0.2, 0.25) is 0 Å². The van der Waals surface area contributed by atoms with Crippen molar-refractivity contribution in [2.75, 3.05) is 18.4 Å². The van der Waals surface area contributed by atoms with E-state index in [0.29, 0.717) is 41.3 Å². The Morgan fingerprint density at radius 1 is 1.25 bits per heavy atom. The lowest BCUT2D eigenvalue weighted by atomic mass is 10.1. The Labute approximate surface area is 142 Å². The number of fused-ring (bicyclic) bond motifs is 1. The van der Waals surface area contributed by atoms with E-state index in [9.17, 15) is 4.79 Å². The summed E-state index contributed by atoms with van der Waals surface area (Å²) in [6, 6.07) is 0. The van der Waals surface area contributed by atoms with Gasteiger partial charge in [0.2, 0.25) is 5.71 Å². The van der Waals surface area contributed by atoms with Crippen molar-refractivity contribution in [1.29, 1.82) is 0 Å². The molecule has 6 nitrogen and oxygen atoms in total. The second kappa shape index (κ2) is 6.26. The Hall–Kier alpha value is -2.37. The van der Waals surface area contributed by atoms with Gasteiger partial charge in [-0.1, -0.05) is 26.0 Å². The molecule has 128 valence electrons. The van der Waals surface area contributed by atoms with Crippen LogP contribution in [0.3, 0.4) is 0 Å². The van der Waals surface area contributed by atoms with E-state index >= 15 is 0 Å². The zero-order valence-corrected chi connectivity index (χ0v) is 14.7. The smallest absolute Gasteiger partial charge is 0.258 e. The third-order valence-electron chi connectivity index (χ3n) is 4.40. The number of aryl methyl sites for hydroxylation is 1. The number of rotatable bonds is 3. The van der Waals surface area contributed by atoms with Crippen LogP contribution in [-0.2, 0) is 0 Å². The van der Waals surface area contributed by atoms with Crippen LogP contribution in [0.4, 0.5) is 5.82 Å². The van der Waals surface area contributed by atoms with Crippen LogP contribution in [0.15, 0.2) is 22.9 Å². The van der Waals surface area contributed by atoms with Crippen molar-refractivity contribution >= 4 is 22.8 Å². The van der Waals surface area contributed by atoms with Gasteiger partial charge >= 0.3 is 0 Å². The van der Waals surface area contributed by atoms with Gasteiger partial charge in [0.05, 0.1) is 10.9 Å². The molecule has 1 saturated carbocycles. The van der Waals surface area contributed by atoms with Gasteiger partial charge in [0.15, 0.2) is 0 Å². The monoisotopic (exact) mass is 328 g/mol. The second-order valence-corrected chi connectivity index (χ2v) is 6.30. The molecule has 0 radical (unpaired) electrons. The molecule has 0 saturated heterocycles. The Morgan fingerprint density at radius 3 is 2.54 bits per heavy atom. The number of hydrogen-bond acceptors (Lipinski definition) is 5. The highest BCUT2D eigenvalue weighted by Crippen LogP contribution is 2.40. The summed E-state index contributed by atoms with van der Waals surface area (Å²) in [6.45, 7) is 9.24. The van der Waals surface area contributed by atoms with Crippen LogP contribution in [0.5, 0.6) is 0 Å². The van der Waals surface area contributed by atoms with Gasteiger partial charge in [-0.15, -0.1) is 0 Å². The van der Waals surface area contributed by atoms with E-state index in [0.717, 1.165) is 12.8 Å². The number of aromatic nitrogens is 2. The summed E-state index contributed by atoms with van der Waals surface area (Å²) in [5.74, 6) is 1.26. The first kappa shape index (κ1) is 16.5. The van der Waals surface area contributed by atoms with Crippen molar-refractivity contribution in [3.63, 3.8) is 0 Å². The van der Waals surface area contributed by atoms with Gasteiger partial charge in [-0.2, -0.15) is 0 Å². The van der Waals surface area contributed by atoms with Crippen molar-refractivity contribution in [1.82, 2.24) is 14.9 Å². The predicted molar refractivity (Wildman–Crippen MR) is 94.2 cm³/mol. The van der Waals surface area contributed by atoms with E-state index in [-0.39, 0.29) is 11.4 Å². The van der Waals surface area contributed by atoms with Gasteiger partial charge in [-0.25, -0.2) is 9.97 Å². The molecule has 0 unspecified atom stereocenters. The molecule has 1 N–H and O–H groups in total. The third kappa shape index (κ3) is 2.88. The molecule has 3 heterocycles. The maximum Gasteiger partial charge on any atom is 0.258 e. The summed E-state index contributed by atoms with van der Waals surface area (Å²) in [5.41, 5.74) is 1.11. The van der Waals surface area contributed by atoms with E-state index in [1.54, 1.807) is 11.8 Å². The van der Waals surface area contributed by atoms with Gasteiger partial charge in [-0.05, 0) is 26.7 Å². The Morgan fingerprint density at radius 2 is 1.92 bits per heavy atom. The normalized spacial score (nSPS) is 17.6. The van der Waals surface area contributed by atoms with E-state index in [1.807, 2.05) is 26.0 Å². The molecule has 2 aromatic heterocycles. The maximum absolute atomic E-state index is 12.8. The van der Waals surface area contributed by atoms with Crippen molar-refractivity contribution in [3.05, 3.63) is 29.8 Å². The Kier molecular flexibility index (Phi) is 4.30. The molecule has 2 aliphatic rings. The van der Waals surface area contributed by atoms with E-state index in [4.69, 9.17) is 4.42 Å². The highest BCUT2D eigenvalue weighted by molar-refractivity contribution is 6.10. The summed E-state index contributed by atoms with van der Waals surface area (Å²) in [4.78, 5) is 23.1. The maximum atomic E-state index is 12.8. The predicted octanol–water partition coefficient (Wildman–Crippen LogP) is 3.53. The lowest BCUT2D eigenvalue weighted by Crippen LogP contribution is -2.28. The van der Waals surface area contributed by atoms with Gasteiger partial charge in [-0.3, -0.25) is 4.79 Å². The number of anilines is 1. The summed E-state index contributed by atoms with van der Waals surface area (Å²) in [6.07, 6.45) is 7.68. The zero-order chi connectivity index (χ0) is 17.3. The summed E-state index contributed by atoms with van der Waals surface area (Å²) < 4.78 is 5.70. The van der Waals surface area contributed by atoms with Crippen molar-refractivity contribution in [2.45, 2.75) is 46.1 Å². The van der Waals surface area contributed by atoms with E-state index < -0.39 is 0 Å². The topological polar surface area (TPSA) is 71.3 Å². The molecule has 4 rings (SSSR count). The number of hydrogen-bond donors (Lipinski definition) is 1. The molecular formula is C18H24N4O2. The largest absolute Gasteiger partial charge is 0.442 e. The quantitative estimate of drug-likeness (QED) is 0.873. The van der Waals surface area contributed by atoms with Crippen molar-refractivity contribution < 1.29 is 9.21 Å². The SMILES string of the molecule is CC.Cc1oc2ncnc(NC3(C)CC3)c2c1C(=O)N1CC=CC1. The summed E-state index contributed by atoms with van der Waals surface area (Å²) in [5, 5.41) is 4.14. The molecule has 0 bridgehead atoms. The molecule has 2 aromatic rings. The van der Waals surface area contributed by atoms with Crippen LogP contribution >= 0.6 is 0 Å². The average molecular weight is 328 g/mol. The zero-order valence-electron chi connectivity index (χ0n) is 14.7. The Bertz CT molecular complexity index is 782. The van der Waals surface area contributed by atoms with Gasteiger partial charge < -0.3 is 14.6 Å². The Balaban J connectivity index is 0.000000815. The lowest BCUT2D eigenvalue weighted by Gasteiger charge is -2.16. The molecule has 1 fully saturated rings. The van der Waals surface area contributed by atoms with Crippen LogP contribution < -0.4 is 5.32 Å².